The molecule has 2 aliphatic rings. The number of nitrogens with one attached hydrogen (secondary N) is 1. The van der Waals surface area contributed by atoms with Crippen molar-refractivity contribution in [1.29, 1.82) is 0 Å². The fourth-order valence-corrected chi connectivity index (χ4v) is 2.69. The third-order valence-corrected chi connectivity index (χ3v) is 3.97. The highest BCUT2D eigenvalue weighted by atomic mass is 14.9. The summed E-state index contributed by atoms with van der Waals surface area (Å²) >= 11 is 0. The summed E-state index contributed by atoms with van der Waals surface area (Å²) in [5.74, 6) is 1.04. The topological polar surface area (TPSA) is 12.0 Å². The first-order valence-corrected chi connectivity index (χ1v) is 5.52. The van der Waals surface area contributed by atoms with Crippen LogP contribution in [0.15, 0.2) is 0 Å². The average molecular weight is 167 g/mol. The van der Waals surface area contributed by atoms with Crippen molar-refractivity contribution >= 4 is 0 Å². The van der Waals surface area contributed by atoms with Gasteiger partial charge in [-0.2, -0.15) is 0 Å². The fraction of sp³-hybridized carbons (Fsp3) is 1.00. The van der Waals surface area contributed by atoms with Crippen LogP contribution in [0.5, 0.6) is 0 Å². The molecule has 2 fully saturated rings. The molecule has 1 N–H and O–H groups in total. The zero-order valence-corrected chi connectivity index (χ0v) is 8.23. The molecule has 0 amide bonds. The molecule has 1 heterocycles. The zero-order chi connectivity index (χ0) is 8.44. The van der Waals surface area contributed by atoms with Gasteiger partial charge in [0.05, 0.1) is 0 Å². The predicted molar refractivity (Wildman–Crippen MR) is 52.2 cm³/mol. The van der Waals surface area contributed by atoms with Gasteiger partial charge >= 0.3 is 0 Å². The van der Waals surface area contributed by atoms with E-state index in [1.54, 1.807) is 0 Å². The molecule has 12 heavy (non-hydrogen) atoms. The molecular formula is C11H21N. The summed E-state index contributed by atoms with van der Waals surface area (Å²) in [6.07, 6.45) is 8.78. The van der Waals surface area contributed by atoms with E-state index in [0.29, 0.717) is 5.41 Å². The molecule has 0 spiro atoms. The van der Waals surface area contributed by atoms with Gasteiger partial charge in [-0.15, -0.1) is 0 Å². The van der Waals surface area contributed by atoms with Crippen molar-refractivity contribution in [3.63, 3.8) is 0 Å². The normalized spacial score (nSPS) is 38.8. The van der Waals surface area contributed by atoms with Gasteiger partial charge in [0.1, 0.15) is 0 Å². The lowest BCUT2D eigenvalue weighted by atomic mass is 9.64. The monoisotopic (exact) mass is 167 g/mol. The van der Waals surface area contributed by atoms with Gasteiger partial charge < -0.3 is 5.32 Å². The van der Waals surface area contributed by atoms with Gasteiger partial charge in [-0.3, -0.25) is 0 Å². The molecule has 0 radical (unpaired) electrons. The Labute approximate surface area is 75.9 Å². The summed E-state index contributed by atoms with van der Waals surface area (Å²) in [7, 11) is 0. The molecule has 1 nitrogen and oxygen atoms in total. The van der Waals surface area contributed by atoms with Gasteiger partial charge in [0, 0.05) is 6.54 Å². The van der Waals surface area contributed by atoms with E-state index in [1.165, 1.54) is 51.6 Å². The maximum absolute atomic E-state index is 3.59. The summed E-state index contributed by atoms with van der Waals surface area (Å²) in [6, 6.07) is 0. The second kappa shape index (κ2) is 3.37. The summed E-state index contributed by atoms with van der Waals surface area (Å²) in [5, 5.41) is 3.59. The Morgan fingerprint density at radius 3 is 2.67 bits per heavy atom. The molecule has 1 atom stereocenters. The van der Waals surface area contributed by atoms with Crippen molar-refractivity contribution in [1.82, 2.24) is 5.32 Å². The highest BCUT2D eigenvalue weighted by molar-refractivity contribution is 4.90. The van der Waals surface area contributed by atoms with E-state index < -0.39 is 0 Å². The lowest BCUT2D eigenvalue weighted by Gasteiger charge is -2.42. The first kappa shape index (κ1) is 8.55. The van der Waals surface area contributed by atoms with E-state index in [4.69, 9.17) is 0 Å². The number of hydrogen-bond donors (Lipinski definition) is 1. The van der Waals surface area contributed by atoms with Crippen molar-refractivity contribution in [3.05, 3.63) is 0 Å². The minimum atomic E-state index is 0.648. The molecule has 0 aromatic carbocycles. The molecule has 70 valence electrons. The van der Waals surface area contributed by atoms with Crippen molar-refractivity contribution < 1.29 is 0 Å². The van der Waals surface area contributed by atoms with E-state index in [0.717, 1.165) is 5.92 Å². The van der Waals surface area contributed by atoms with E-state index in [-0.39, 0.29) is 0 Å². The minimum absolute atomic E-state index is 0.648. The molecule has 1 heteroatoms. The third-order valence-electron chi connectivity index (χ3n) is 3.97. The Morgan fingerprint density at radius 2 is 2.00 bits per heavy atom. The number of rotatable bonds is 1. The van der Waals surface area contributed by atoms with Gasteiger partial charge in [0.25, 0.3) is 0 Å². The highest BCUT2D eigenvalue weighted by Crippen LogP contribution is 2.45. The third kappa shape index (κ3) is 1.52. The quantitative estimate of drug-likeness (QED) is 0.633. The van der Waals surface area contributed by atoms with Gasteiger partial charge in [-0.05, 0) is 43.6 Å². The van der Waals surface area contributed by atoms with Crippen LogP contribution < -0.4 is 5.32 Å². The van der Waals surface area contributed by atoms with Crippen molar-refractivity contribution in [2.75, 3.05) is 13.1 Å². The van der Waals surface area contributed by atoms with Crippen molar-refractivity contribution in [2.24, 2.45) is 11.3 Å². The summed E-state index contributed by atoms with van der Waals surface area (Å²) in [4.78, 5) is 0. The Bertz CT molecular complexity index is 141. The summed E-state index contributed by atoms with van der Waals surface area (Å²) < 4.78 is 0. The lowest BCUT2D eigenvalue weighted by Crippen LogP contribution is -2.39. The van der Waals surface area contributed by atoms with Crippen molar-refractivity contribution in [2.45, 2.75) is 45.4 Å². The van der Waals surface area contributed by atoms with Crippen molar-refractivity contribution in [3.8, 4) is 0 Å². The van der Waals surface area contributed by atoms with Gasteiger partial charge in [-0.25, -0.2) is 0 Å². The second-order valence-electron chi connectivity index (χ2n) is 4.92. The maximum atomic E-state index is 3.59. The molecule has 0 aromatic rings. The fourth-order valence-electron chi connectivity index (χ4n) is 2.69. The largest absolute Gasteiger partial charge is 0.316 e. The average Bonchev–Trinajstić information content (AvgIpc) is 2.10. The molecule has 1 saturated carbocycles. The van der Waals surface area contributed by atoms with Crippen LogP contribution in [0.1, 0.15) is 45.4 Å². The van der Waals surface area contributed by atoms with Crippen LogP contribution in [-0.4, -0.2) is 13.1 Å². The molecule has 1 unspecified atom stereocenters. The highest BCUT2D eigenvalue weighted by Gasteiger charge is 2.37. The summed E-state index contributed by atoms with van der Waals surface area (Å²) in [6.45, 7) is 5.02. The second-order valence-corrected chi connectivity index (χ2v) is 4.92. The lowest BCUT2D eigenvalue weighted by molar-refractivity contribution is 0.0953. The molecule has 0 bridgehead atoms. The van der Waals surface area contributed by atoms with E-state index >= 15 is 0 Å². The van der Waals surface area contributed by atoms with Crippen LogP contribution in [0.2, 0.25) is 0 Å². The Hall–Kier alpha value is -0.0400. The molecule has 1 saturated heterocycles. The SMILES string of the molecule is CC1(C2CCC2)CCCCNC1. The smallest absolute Gasteiger partial charge is 0.000781 e. The molecular weight excluding hydrogens is 146 g/mol. The Balaban J connectivity index is 1.95. The van der Waals surface area contributed by atoms with Crippen LogP contribution in [0, 0.1) is 11.3 Å². The van der Waals surface area contributed by atoms with Crippen LogP contribution in [-0.2, 0) is 0 Å². The van der Waals surface area contributed by atoms with Gasteiger partial charge in [-0.1, -0.05) is 19.8 Å². The zero-order valence-electron chi connectivity index (χ0n) is 8.23. The van der Waals surface area contributed by atoms with Gasteiger partial charge in [0.2, 0.25) is 0 Å². The van der Waals surface area contributed by atoms with Gasteiger partial charge in [0.15, 0.2) is 0 Å². The van der Waals surface area contributed by atoms with E-state index in [1.807, 2.05) is 0 Å². The van der Waals surface area contributed by atoms with Crippen LogP contribution in [0.4, 0.5) is 0 Å². The minimum Gasteiger partial charge on any atom is -0.316 e. The standard InChI is InChI=1S/C11H21N/c1-11(10-5-4-6-10)7-2-3-8-12-9-11/h10,12H,2-9H2,1H3. The first-order valence-electron chi connectivity index (χ1n) is 5.52. The summed E-state index contributed by atoms with van der Waals surface area (Å²) in [5.41, 5.74) is 0.648. The number of hydrogen-bond acceptors (Lipinski definition) is 1. The maximum Gasteiger partial charge on any atom is 0.000781 e. The molecule has 1 aliphatic heterocycles. The van der Waals surface area contributed by atoms with Crippen LogP contribution >= 0.6 is 0 Å². The van der Waals surface area contributed by atoms with Crippen LogP contribution in [0.3, 0.4) is 0 Å². The first-order chi connectivity index (χ1) is 5.81. The molecule has 1 aliphatic carbocycles. The van der Waals surface area contributed by atoms with E-state index in [2.05, 4.69) is 12.2 Å². The Morgan fingerprint density at radius 1 is 1.17 bits per heavy atom. The molecule has 2 rings (SSSR count). The predicted octanol–water partition coefficient (Wildman–Crippen LogP) is 2.57. The molecule has 0 aromatic heterocycles. The Kier molecular flexibility index (Phi) is 2.40. The van der Waals surface area contributed by atoms with Crippen LogP contribution in [0.25, 0.3) is 0 Å². The van der Waals surface area contributed by atoms with E-state index in [9.17, 15) is 0 Å².